The summed E-state index contributed by atoms with van der Waals surface area (Å²) in [6, 6.07) is 7.95. The standard InChI is InChI=1S/C24H28FN9O4/c1-15(21(35)36)38-16-5-6-18(17(25)14-16)33-11-9-32(10-12-33)8-7-31(2)23-28-22(26)34-24(29-23)27-20(30-34)19-4-3-13-37-19/h3-6,13-15H,7-12H2,1-2H3,(H,35,36)(H2,26,27,28,29,30)/t15-/m0/s1. The number of fused-ring (bicyclic) bond motifs is 1. The van der Waals surface area contributed by atoms with Crippen molar-refractivity contribution in [2.75, 3.05) is 61.8 Å². The minimum atomic E-state index is -1.11. The average molecular weight is 526 g/mol. The van der Waals surface area contributed by atoms with Gasteiger partial charge in [0.1, 0.15) is 11.6 Å². The van der Waals surface area contributed by atoms with Gasteiger partial charge >= 0.3 is 5.97 Å². The Morgan fingerprint density at radius 2 is 2.03 bits per heavy atom. The van der Waals surface area contributed by atoms with E-state index in [0.717, 1.165) is 19.6 Å². The molecule has 38 heavy (non-hydrogen) atoms. The predicted octanol–water partition coefficient (Wildman–Crippen LogP) is 1.61. The van der Waals surface area contributed by atoms with Gasteiger partial charge < -0.3 is 29.8 Å². The fourth-order valence-corrected chi connectivity index (χ4v) is 4.15. The second kappa shape index (κ2) is 10.5. The molecule has 1 atom stereocenters. The molecular formula is C24H28FN9O4. The molecule has 0 unspecified atom stereocenters. The number of carbonyl (C=O) groups is 1. The minimum absolute atomic E-state index is 0.173. The highest BCUT2D eigenvalue weighted by Gasteiger charge is 2.22. The van der Waals surface area contributed by atoms with Crippen molar-refractivity contribution in [2.24, 2.45) is 0 Å². The molecule has 14 heteroatoms. The molecule has 3 N–H and O–H groups in total. The third-order valence-electron chi connectivity index (χ3n) is 6.35. The van der Waals surface area contributed by atoms with E-state index in [1.807, 2.05) is 16.8 Å². The Morgan fingerprint density at radius 3 is 2.71 bits per heavy atom. The number of aromatic nitrogens is 5. The molecule has 0 bridgehead atoms. The van der Waals surface area contributed by atoms with Gasteiger partial charge in [0.25, 0.3) is 5.78 Å². The lowest BCUT2D eigenvalue weighted by molar-refractivity contribution is -0.144. The van der Waals surface area contributed by atoms with Crippen LogP contribution >= 0.6 is 0 Å². The number of nitrogens with two attached hydrogens (primary N) is 1. The molecule has 0 saturated carbocycles. The van der Waals surface area contributed by atoms with E-state index in [-0.39, 0.29) is 11.7 Å². The average Bonchev–Trinajstić information content (AvgIpc) is 3.58. The van der Waals surface area contributed by atoms with Crippen molar-refractivity contribution in [3.8, 4) is 17.3 Å². The van der Waals surface area contributed by atoms with Gasteiger partial charge in [0.05, 0.1) is 12.0 Å². The van der Waals surface area contributed by atoms with E-state index in [0.29, 0.717) is 48.6 Å². The van der Waals surface area contributed by atoms with Gasteiger partial charge in [-0.1, -0.05) is 0 Å². The fourth-order valence-electron chi connectivity index (χ4n) is 4.15. The number of carboxylic acids is 1. The number of halogens is 1. The van der Waals surface area contributed by atoms with E-state index in [2.05, 4.69) is 25.0 Å². The highest BCUT2D eigenvalue weighted by atomic mass is 19.1. The largest absolute Gasteiger partial charge is 0.479 e. The van der Waals surface area contributed by atoms with Crippen molar-refractivity contribution in [2.45, 2.75) is 13.0 Å². The summed E-state index contributed by atoms with van der Waals surface area (Å²) in [6.45, 7) is 5.61. The van der Waals surface area contributed by atoms with Gasteiger partial charge in [0, 0.05) is 52.4 Å². The lowest BCUT2D eigenvalue weighted by Crippen LogP contribution is -2.48. The van der Waals surface area contributed by atoms with Crippen molar-refractivity contribution < 1.29 is 23.4 Å². The highest BCUT2D eigenvalue weighted by Crippen LogP contribution is 2.26. The molecule has 0 spiro atoms. The summed E-state index contributed by atoms with van der Waals surface area (Å²) in [5.41, 5.74) is 6.57. The first-order chi connectivity index (χ1) is 18.3. The van der Waals surface area contributed by atoms with Gasteiger partial charge in [-0.2, -0.15) is 19.5 Å². The number of nitrogen functional groups attached to an aromatic ring is 1. The molecule has 1 aromatic carbocycles. The molecule has 1 aliphatic heterocycles. The smallest absolute Gasteiger partial charge is 0.344 e. The van der Waals surface area contributed by atoms with Crippen LogP contribution in [0.2, 0.25) is 0 Å². The number of rotatable bonds is 9. The van der Waals surface area contributed by atoms with Crippen molar-refractivity contribution >= 4 is 29.3 Å². The number of ether oxygens (including phenoxy) is 1. The molecule has 5 rings (SSSR count). The van der Waals surface area contributed by atoms with Crippen molar-refractivity contribution in [3.05, 3.63) is 42.4 Å². The first-order valence-electron chi connectivity index (χ1n) is 12.1. The number of benzene rings is 1. The molecule has 0 radical (unpaired) electrons. The van der Waals surface area contributed by atoms with Crippen LogP contribution in [0.5, 0.6) is 5.75 Å². The number of aliphatic carboxylic acids is 1. The number of likely N-dealkylation sites (N-methyl/N-ethyl adjacent to an activating group) is 1. The van der Waals surface area contributed by atoms with Crippen LogP contribution in [-0.4, -0.2) is 93.0 Å². The van der Waals surface area contributed by atoms with Gasteiger partial charge in [0.2, 0.25) is 17.7 Å². The molecule has 3 aromatic heterocycles. The van der Waals surface area contributed by atoms with E-state index in [1.165, 1.54) is 17.5 Å². The maximum atomic E-state index is 14.7. The highest BCUT2D eigenvalue weighted by molar-refractivity contribution is 5.72. The molecule has 0 aliphatic carbocycles. The number of hydrogen-bond donors (Lipinski definition) is 2. The molecule has 13 nitrogen and oxygen atoms in total. The maximum Gasteiger partial charge on any atom is 0.344 e. The third kappa shape index (κ3) is 5.29. The molecule has 4 heterocycles. The maximum absolute atomic E-state index is 14.7. The summed E-state index contributed by atoms with van der Waals surface area (Å²) in [7, 11) is 1.88. The second-order valence-electron chi connectivity index (χ2n) is 8.97. The first-order valence-corrected chi connectivity index (χ1v) is 12.1. The zero-order valence-electron chi connectivity index (χ0n) is 21.0. The normalized spacial score (nSPS) is 15.1. The van der Waals surface area contributed by atoms with E-state index in [4.69, 9.17) is 20.0 Å². The summed E-state index contributed by atoms with van der Waals surface area (Å²) in [5, 5.41) is 13.3. The number of furan rings is 1. The zero-order valence-corrected chi connectivity index (χ0v) is 21.0. The number of anilines is 3. The summed E-state index contributed by atoms with van der Waals surface area (Å²) < 4.78 is 26.7. The predicted molar refractivity (Wildman–Crippen MR) is 137 cm³/mol. The summed E-state index contributed by atoms with van der Waals surface area (Å²) in [6.07, 6.45) is 0.489. The lowest BCUT2D eigenvalue weighted by atomic mass is 10.2. The Labute approximate surface area is 217 Å². The van der Waals surface area contributed by atoms with Crippen molar-refractivity contribution in [1.29, 1.82) is 0 Å². The second-order valence-corrected chi connectivity index (χ2v) is 8.97. The van der Waals surface area contributed by atoms with Gasteiger partial charge in [0.15, 0.2) is 11.9 Å². The Kier molecular flexibility index (Phi) is 6.96. The SMILES string of the molecule is C[C@H](Oc1ccc(N2CCN(CCN(C)c3nc(N)n4nc(-c5ccco5)nc4n3)CC2)c(F)c1)C(=O)O. The minimum Gasteiger partial charge on any atom is -0.479 e. The topological polar surface area (TPSA) is 151 Å². The van der Waals surface area contributed by atoms with Crippen LogP contribution in [0.3, 0.4) is 0 Å². The molecule has 1 aliphatic rings. The molecule has 1 fully saturated rings. The Morgan fingerprint density at radius 1 is 1.24 bits per heavy atom. The van der Waals surface area contributed by atoms with Crippen LogP contribution in [0, 0.1) is 5.82 Å². The third-order valence-corrected chi connectivity index (χ3v) is 6.35. The fraction of sp³-hybridized carbons (Fsp3) is 0.375. The Balaban J connectivity index is 1.15. The molecule has 200 valence electrons. The number of piperazine rings is 1. The van der Waals surface area contributed by atoms with Crippen molar-refractivity contribution in [3.63, 3.8) is 0 Å². The molecule has 0 amide bonds. The zero-order chi connectivity index (χ0) is 26.8. The van der Waals surface area contributed by atoms with E-state index >= 15 is 0 Å². The quantitative estimate of drug-likeness (QED) is 0.327. The van der Waals surface area contributed by atoms with Crippen LogP contribution in [0.15, 0.2) is 41.0 Å². The molecule has 1 saturated heterocycles. The van der Waals surface area contributed by atoms with Crippen LogP contribution < -0.4 is 20.3 Å². The first kappa shape index (κ1) is 25.2. The number of nitrogens with zero attached hydrogens (tertiary/aromatic N) is 8. The van der Waals surface area contributed by atoms with Crippen LogP contribution in [-0.2, 0) is 4.79 Å². The Bertz CT molecular complexity index is 1420. The Hall–Kier alpha value is -4.46. The van der Waals surface area contributed by atoms with Gasteiger partial charge in [-0.3, -0.25) is 4.90 Å². The summed E-state index contributed by atoms with van der Waals surface area (Å²) in [5.74, 6) is 0.470. The number of carboxylic acid groups (broad SMARTS) is 1. The summed E-state index contributed by atoms with van der Waals surface area (Å²) >= 11 is 0. The van der Waals surface area contributed by atoms with E-state index < -0.39 is 17.9 Å². The van der Waals surface area contributed by atoms with Gasteiger partial charge in [-0.05, 0) is 31.2 Å². The van der Waals surface area contributed by atoms with Gasteiger partial charge in [-0.15, -0.1) is 5.10 Å². The van der Waals surface area contributed by atoms with Gasteiger partial charge in [-0.25, -0.2) is 9.18 Å². The van der Waals surface area contributed by atoms with Crippen LogP contribution in [0.25, 0.3) is 17.4 Å². The van der Waals surface area contributed by atoms with E-state index in [1.54, 1.807) is 30.5 Å². The number of hydrogen-bond acceptors (Lipinski definition) is 11. The lowest BCUT2D eigenvalue weighted by Gasteiger charge is -2.36. The van der Waals surface area contributed by atoms with Crippen LogP contribution in [0.4, 0.5) is 22.0 Å². The monoisotopic (exact) mass is 525 g/mol. The van der Waals surface area contributed by atoms with Crippen molar-refractivity contribution in [1.82, 2.24) is 29.5 Å². The van der Waals surface area contributed by atoms with Crippen LogP contribution in [0.1, 0.15) is 6.92 Å². The molecule has 4 aromatic rings. The van der Waals surface area contributed by atoms with E-state index in [9.17, 15) is 9.18 Å². The summed E-state index contributed by atoms with van der Waals surface area (Å²) in [4.78, 5) is 30.4. The molecular weight excluding hydrogens is 497 g/mol.